The molecule has 0 bridgehead atoms. The lowest BCUT2D eigenvalue weighted by Crippen LogP contribution is -2.58. The van der Waals surface area contributed by atoms with E-state index in [1.165, 1.54) is 5.56 Å². The predicted molar refractivity (Wildman–Crippen MR) is 81.7 cm³/mol. The van der Waals surface area contributed by atoms with Crippen molar-refractivity contribution in [3.8, 4) is 0 Å². The van der Waals surface area contributed by atoms with Gasteiger partial charge >= 0.3 is 6.03 Å². The number of amides is 2. The SMILES string of the molecule is CCc1cccc(NC(=O)N2CC[N+]([O-])(CCO)CC2)c1. The molecule has 1 aromatic rings. The Morgan fingerprint density at radius 2 is 2.14 bits per heavy atom. The number of hydroxylamine groups is 3. The van der Waals surface area contributed by atoms with Crippen LogP contribution in [0.15, 0.2) is 24.3 Å². The van der Waals surface area contributed by atoms with Crippen molar-refractivity contribution in [2.24, 2.45) is 0 Å². The van der Waals surface area contributed by atoms with Gasteiger partial charge in [0.1, 0.15) is 6.54 Å². The van der Waals surface area contributed by atoms with Crippen molar-refractivity contribution >= 4 is 11.7 Å². The number of aryl methyl sites for hydroxylation is 1. The number of carbonyl (C=O) groups is 1. The number of hydrogen-bond acceptors (Lipinski definition) is 3. The molecule has 0 unspecified atom stereocenters. The molecule has 0 spiro atoms. The number of aliphatic hydroxyl groups is 1. The van der Waals surface area contributed by atoms with Crippen molar-refractivity contribution in [2.45, 2.75) is 13.3 Å². The zero-order chi connectivity index (χ0) is 15.3. The summed E-state index contributed by atoms with van der Waals surface area (Å²) in [6.07, 6.45) is 0.921. The van der Waals surface area contributed by atoms with Crippen molar-refractivity contribution in [1.29, 1.82) is 0 Å². The minimum absolute atomic E-state index is 0.112. The molecule has 6 nitrogen and oxygen atoms in total. The molecule has 2 N–H and O–H groups in total. The van der Waals surface area contributed by atoms with Crippen molar-refractivity contribution in [3.63, 3.8) is 0 Å². The highest BCUT2D eigenvalue weighted by Crippen LogP contribution is 2.15. The zero-order valence-electron chi connectivity index (χ0n) is 12.4. The lowest BCUT2D eigenvalue weighted by Gasteiger charge is -2.47. The van der Waals surface area contributed by atoms with Gasteiger partial charge in [-0.2, -0.15) is 0 Å². The van der Waals surface area contributed by atoms with E-state index in [1.54, 1.807) is 4.90 Å². The predicted octanol–water partition coefficient (Wildman–Crippen LogP) is 1.40. The topological polar surface area (TPSA) is 75.6 Å². The average Bonchev–Trinajstić information content (AvgIpc) is 2.48. The molecule has 1 aromatic carbocycles. The van der Waals surface area contributed by atoms with Gasteiger partial charge in [-0.15, -0.1) is 0 Å². The van der Waals surface area contributed by atoms with E-state index in [2.05, 4.69) is 12.2 Å². The first-order chi connectivity index (χ1) is 10.1. The summed E-state index contributed by atoms with van der Waals surface area (Å²) in [6, 6.07) is 7.60. The number of hydrogen-bond donors (Lipinski definition) is 2. The van der Waals surface area contributed by atoms with E-state index >= 15 is 0 Å². The van der Waals surface area contributed by atoms with E-state index in [0.717, 1.165) is 12.1 Å². The Kier molecular flexibility index (Phi) is 5.17. The summed E-state index contributed by atoms with van der Waals surface area (Å²) in [5, 5.41) is 23.9. The minimum atomic E-state index is -0.411. The van der Waals surface area contributed by atoms with Gasteiger partial charge in [0.05, 0.1) is 32.8 Å². The molecule has 1 fully saturated rings. The molecule has 0 saturated carbocycles. The fourth-order valence-corrected chi connectivity index (χ4v) is 2.51. The van der Waals surface area contributed by atoms with Gasteiger partial charge < -0.3 is 25.2 Å². The van der Waals surface area contributed by atoms with Gasteiger partial charge in [-0.05, 0) is 24.1 Å². The fraction of sp³-hybridized carbons (Fsp3) is 0.533. The maximum Gasteiger partial charge on any atom is 0.322 e. The average molecular weight is 293 g/mol. The Morgan fingerprint density at radius 3 is 2.76 bits per heavy atom. The highest BCUT2D eigenvalue weighted by atomic mass is 16.5. The number of aliphatic hydroxyl groups excluding tert-OH is 1. The molecular formula is C15H23N3O3. The number of nitrogens with zero attached hydrogens (tertiary/aromatic N) is 2. The first-order valence-corrected chi connectivity index (χ1v) is 7.39. The summed E-state index contributed by atoms with van der Waals surface area (Å²) in [5.41, 5.74) is 1.95. The van der Waals surface area contributed by atoms with Crippen LogP contribution in [0, 0.1) is 5.21 Å². The molecular weight excluding hydrogens is 270 g/mol. The van der Waals surface area contributed by atoms with E-state index in [1.807, 2.05) is 24.3 Å². The molecule has 0 aliphatic carbocycles. The Bertz CT molecular complexity index is 485. The largest absolute Gasteiger partial charge is 0.633 e. The molecule has 6 heteroatoms. The van der Waals surface area contributed by atoms with E-state index in [4.69, 9.17) is 5.11 Å². The van der Waals surface area contributed by atoms with Crippen LogP contribution in [0.5, 0.6) is 0 Å². The number of nitrogens with one attached hydrogen (secondary N) is 1. The van der Waals surface area contributed by atoms with Crippen LogP contribution in [0.4, 0.5) is 10.5 Å². The lowest BCUT2D eigenvalue weighted by atomic mass is 10.1. The van der Waals surface area contributed by atoms with Gasteiger partial charge in [-0.1, -0.05) is 19.1 Å². The molecule has 0 radical (unpaired) electrons. The van der Waals surface area contributed by atoms with Crippen molar-refractivity contribution in [3.05, 3.63) is 35.0 Å². The van der Waals surface area contributed by atoms with Gasteiger partial charge in [-0.3, -0.25) is 0 Å². The summed E-state index contributed by atoms with van der Waals surface area (Å²) in [5.74, 6) is 0. The second-order valence-electron chi connectivity index (χ2n) is 5.42. The summed E-state index contributed by atoms with van der Waals surface area (Å²) in [7, 11) is 0. The lowest BCUT2D eigenvalue weighted by molar-refractivity contribution is -0.884. The maximum absolute atomic E-state index is 12.2. The third-order valence-electron chi connectivity index (χ3n) is 3.94. The Morgan fingerprint density at radius 1 is 1.43 bits per heavy atom. The standard InChI is InChI=1S/C15H23N3O3/c1-2-13-4-3-5-14(12-13)16-15(20)17-6-8-18(21,9-7-17)10-11-19/h3-5,12,19H,2,6-11H2,1H3,(H,16,20). The summed E-state index contributed by atoms with van der Waals surface area (Å²) in [6.45, 7) is 3.67. The quantitative estimate of drug-likeness (QED) is 0.651. The molecule has 1 aliphatic heterocycles. The van der Waals surface area contributed by atoms with E-state index in [0.29, 0.717) is 26.2 Å². The number of urea groups is 1. The molecule has 0 atom stereocenters. The Hall–Kier alpha value is -1.63. The molecule has 1 saturated heterocycles. The van der Waals surface area contributed by atoms with Gasteiger partial charge in [0.25, 0.3) is 0 Å². The number of carbonyl (C=O) groups excluding carboxylic acids is 1. The molecule has 1 heterocycles. The van der Waals surface area contributed by atoms with Crippen LogP contribution in [0.1, 0.15) is 12.5 Å². The molecule has 116 valence electrons. The fourth-order valence-electron chi connectivity index (χ4n) is 2.51. The van der Waals surface area contributed by atoms with Crippen molar-refractivity contribution in [1.82, 2.24) is 4.90 Å². The highest BCUT2D eigenvalue weighted by molar-refractivity contribution is 5.89. The molecule has 21 heavy (non-hydrogen) atoms. The number of quaternary nitrogens is 1. The number of piperazine rings is 1. The molecule has 0 aromatic heterocycles. The van der Waals surface area contributed by atoms with Gasteiger partial charge in [-0.25, -0.2) is 4.79 Å². The second kappa shape index (κ2) is 6.89. The van der Waals surface area contributed by atoms with Crippen LogP contribution in [-0.4, -0.2) is 60.0 Å². The first kappa shape index (κ1) is 15.8. The Balaban J connectivity index is 1.90. The molecule has 2 rings (SSSR count). The van der Waals surface area contributed by atoms with Crippen LogP contribution in [0.2, 0.25) is 0 Å². The van der Waals surface area contributed by atoms with Crippen LogP contribution in [0.3, 0.4) is 0 Å². The first-order valence-electron chi connectivity index (χ1n) is 7.39. The summed E-state index contributed by atoms with van der Waals surface area (Å²) in [4.78, 5) is 13.8. The summed E-state index contributed by atoms with van der Waals surface area (Å²) < 4.78 is -0.411. The number of rotatable bonds is 4. The smallest absolute Gasteiger partial charge is 0.322 e. The maximum atomic E-state index is 12.2. The summed E-state index contributed by atoms with van der Waals surface area (Å²) >= 11 is 0. The van der Waals surface area contributed by atoms with Crippen LogP contribution in [0.25, 0.3) is 0 Å². The number of benzene rings is 1. The second-order valence-corrected chi connectivity index (χ2v) is 5.42. The molecule has 2 amide bonds. The normalized spacial score (nSPS) is 17.6. The third-order valence-corrected chi connectivity index (χ3v) is 3.94. The van der Waals surface area contributed by atoms with Crippen molar-refractivity contribution < 1.29 is 14.5 Å². The number of anilines is 1. The van der Waals surface area contributed by atoms with E-state index < -0.39 is 4.65 Å². The zero-order valence-corrected chi connectivity index (χ0v) is 12.4. The van der Waals surface area contributed by atoms with Crippen LogP contribution >= 0.6 is 0 Å². The van der Waals surface area contributed by atoms with Gasteiger partial charge in [0, 0.05) is 5.69 Å². The minimum Gasteiger partial charge on any atom is -0.633 e. The monoisotopic (exact) mass is 293 g/mol. The van der Waals surface area contributed by atoms with Crippen LogP contribution in [-0.2, 0) is 6.42 Å². The Labute approximate surface area is 125 Å². The van der Waals surface area contributed by atoms with E-state index in [9.17, 15) is 10.0 Å². The van der Waals surface area contributed by atoms with Gasteiger partial charge in [0.2, 0.25) is 0 Å². The van der Waals surface area contributed by atoms with Gasteiger partial charge in [0.15, 0.2) is 0 Å². The van der Waals surface area contributed by atoms with Crippen molar-refractivity contribution in [2.75, 3.05) is 44.6 Å². The molecule has 1 aliphatic rings. The van der Waals surface area contributed by atoms with Crippen LogP contribution < -0.4 is 5.32 Å². The van der Waals surface area contributed by atoms with E-state index in [-0.39, 0.29) is 19.2 Å². The highest BCUT2D eigenvalue weighted by Gasteiger charge is 2.27. The third kappa shape index (κ3) is 4.17.